The normalized spacial score (nSPS) is 10.2. The number of rotatable bonds is 6. The third kappa shape index (κ3) is 4.26. The summed E-state index contributed by atoms with van der Waals surface area (Å²) in [5, 5.41) is 12.0. The van der Waals surface area contributed by atoms with Crippen molar-refractivity contribution in [1.29, 1.82) is 0 Å². The van der Waals surface area contributed by atoms with E-state index in [9.17, 15) is 14.3 Å². The van der Waals surface area contributed by atoms with E-state index in [-0.39, 0.29) is 11.3 Å². The SMILES string of the molecule is CSCCCCNC(=O)c1c(O)cccc1F. The Hall–Kier alpha value is -1.23. The molecule has 0 unspecified atom stereocenters. The van der Waals surface area contributed by atoms with Crippen LogP contribution < -0.4 is 5.32 Å². The van der Waals surface area contributed by atoms with E-state index in [0.29, 0.717) is 6.54 Å². The second-order valence-corrected chi connectivity index (χ2v) is 4.58. The minimum Gasteiger partial charge on any atom is -0.507 e. The summed E-state index contributed by atoms with van der Waals surface area (Å²) in [4.78, 5) is 11.6. The topological polar surface area (TPSA) is 49.3 Å². The van der Waals surface area contributed by atoms with E-state index in [2.05, 4.69) is 5.32 Å². The lowest BCUT2D eigenvalue weighted by atomic mass is 10.1. The van der Waals surface area contributed by atoms with Crippen LogP contribution in [0.15, 0.2) is 18.2 Å². The van der Waals surface area contributed by atoms with Crippen molar-refractivity contribution in [3.63, 3.8) is 0 Å². The maximum Gasteiger partial charge on any atom is 0.258 e. The zero-order valence-electron chi connectivity index (χ0n) is 9.70. The number of unbranched alkanes of at least 4 members (excludes halogenated alkanes) is 1. The predicted octanol–water partition coefficient (Wildman–Crippen LogP) is 2.40. The van der Waals surface area contributed by atoms with Gasteiger partial charge in [0, 0.05) is 6.54 Å². The highest BCUT2D eigenvalue weighted by molar-refractivity contribution is 7.98. The summed E-state index contributed by atoms with van der Waals surface area (Å²) in [6, 6.07) is 3.81. The van der Waals surface area contributed by atoms with Crippen LogP contribution in [0.5, 0.6) is 5.75 Å². The molecule has 0 aromatic heterocycles. The van der Waals surface area contributed by atoms with E-state index in [0.717, 1.165) is 24.7 Å². The molecule has 1 amide bonds. The molecule has 1 aromatic rings. The number of phenols is 1. The fourth-order valence-electron chi connectivity index (χ4n) is 1.40. The zero-order valence-corrected chi connectivity index (χ0v) is 10.5. The highest BCUT2D eigenvalue weighted by Gasteiger charge is 2.15. The van der Waals surface area contributed by atoms with Crippen LogP contribution in [0.3, 0.4) is 0 Å². The first-order chi connectivity index (χ1) is 8.16. The molecule has 0 spiro atoms. The van der Waals surface area contributed by atoms with Gasteiger partial charge in [-0.1, -0.05) is 6.07 Å². The summed E-state index contributed by atoms with van der Waals surface area (Å²) < 4.78 is 13.3. The molecule has 0 saturated carbocycles. The molecule has 2 N–H and O–H groups in total. The van der Waals surface area contributed by atoms with Crippen molar-refractivity contribution < 1.29 is 14.3 Å². The fraction of sp³-hybridized carbons (Fsp3) is 0.417. The number of benzene rings is 1. The van der Waals surface area contributed by atoms with E-state index in [1.54, 1.807) is 11.8 Å². The minimum absolute atomic E-state index is 0.280. The number of phenolic OH excluding ortho intramolecular Hbond substituents is 1. The largest absolute Gasteiger partial charge is 0.507 e. The zero-order chi connectivity index (χ0) is 12.7. The van der Waals surface area contributed by atoms with Crippen LogP contribution in [0.1, 0.15) is 23.2 Å². The molecule has 0 atom stereocenters. The van der Waals surface area contributed by atoms with Crippen LogP contribution in [0.2, 0.25) is 0 Å². The Morgan fingerprint density at radius 3 is 2.88 bits per heavy atom. The number of aromatic hydroxyl groups is 1. The number of hydrogen-bond acceptors (Lipinski definition) is 3. The van der Waals surface area contributed by atoms with Gasteiger partial charge in [-0.15, -0.1) is 0 Å². The van der Waals surface area contributed by atoms with Gasteiger partial charge in [-0.25, -0.2) is 4.39 Å². The average Bonchev–Trinajstić information content (AvgIpc) is 2.28. The smallest absolute Gasteiger partial charge is 0.258 e. The van der Waals surface area contributed by atoms with E-state index < -0.39 is 11.7 Å². The Labute approximate surface area is 104 Å². The Balaban J connectivity index is 2.47. The highest BCUT2D eigenvalue weighted by atomic mass is 32.2. The van der Waals surface area contributed by atoms with Crippen molar-refractivity contribution in [3.8, 4) is 5.75 Å². The number of thioether (sulfide) groups is 1. The first-order valence-corrected chi connectivity index (χ1v) is 6.81. The van der Waals surface area contributed by atoms with Crippen LogP contribution in [0.25, 0.3) is 0 Å². The first-order valence-electron chi connectivity index (χ1n) is 5.41. The monoisotopic (exact) mass is 257 g/mol. The molecule has 0 aliphatic carbocycles. The number of hydrogen-bond donors (Lipinski definition) is 2. The molecule has 17 heavy (non-hydrogen) atoms. The van der Waals surface area contributed by atoms with E-state index in [1.165, 1.54) is 12.1 Å². The third-order valence-electron chi connectivity index (χ3n) is 2.28. The lowest BCUT2D eigenvalue weighted by molar-refractivity contribution is 0.0946. The van der Waals surface area contributed by atoms with Crippen molar-refractivity contribution >= 4 is 17.7 Å². The predicted molar refractivity (Wildman–Crippen MR) is 68.0 cm³/mol. The quantitative estimate of drug-likeness (QED) is 0.769. The van der Waals surface area contributed by atoms with Gasteiger partial charge in [-0.3, -0.25) is 4.79 Å². The molecule has 0 bridgehead atoms. The van der Waals surface area contributed by atoms with Crippen LogP contribution in [-0.4, -0.2) is 29.6 Å². The van der Waals surface area contributed by atoms with Crippen molar-refractivity contribution in [2.75, 3.05) is 18.6 Å². The van der Waals surface area contributed by atoms with Crippen molar-refractivity contribution in [1.82, 2.24) is 5.32 Å². The summed E-state index contributed by atoms with van der Waals surface area (Å²) in [5.74, 6) is -0.552. The van der Waals surface area contributed by atoms with Gasteiger partial charge in [0.2, 0.25) is 0 Å². The van der Waals surface area contributed by atoms with Crippen molar-refractivity contribution in [3.05, 3.63) is 29.6 Å². The first kappa shape index (κ1) is 13.8. The Bertz CT molecular complexity index is 365. The number of carbonyl (C=O) groups is 1. The molecule has 0 saturated heterocycles. The molecule has 94 valence electrons. The summed E-state index contributed by atoms with van der Waals surface area (Å²) >= 11 is 1.75. The van der Waals surface area contributed by atoms with Gasteiger partial charge in [0.1, 0.15) is 17.1 Å². The Morgan fingerprint density at radius 2 is 2.24 bits per heavy atom. The van der Waals surface area contributed by atoms with Gasteiger partial charge in [0.05, 0.1) is 0 Å². The average molecular weight is 257 g/mol. The Kier molecular flexibility index (Phi) is 5.83. The van der Waals surface area contributed by atoms with Gasteiger partial charge < -0.3 is 10.4 Å². The number of nitrogens with one attached hydrogen (secondary N) is 1. The standard InChI is InChI=1S/C12H16FNO2S/c1-17-8-3-2-7-14-12(16)11-9(13)5-4-6-10(11)15/h4-6,15H,2-3,7-8H2,1H3,(H,14,16). The maximum atomic E-state index is 13.3. The molecular formula is C12H16FNO2S. The molecule has 3 nitrogen and oxygen atoms in total. The maximum absolute atomic E-state index is 13.3. The molecule has 5 heteroatoms. The minimum atomic E-state index is -0.702. The highest BCUT2D eigenvalue weighted by Crippen LogP contribution is 2.19. The summed E-state index contributed by atoms with van der Waals surface area (Å²) in [6.45, 7) is 0.493. The number of amides is 1. The van der Waals surface area contributed by atoms with Crippen LogP contribution in [0, 0.1) is 5.82 Å². The van der Waals surface area contributed by atoms with Gasteiger partial charge in [0.25, 0.3) is 5.91 Å². The summed E-state index contributed by atoms with van der Waals surface area (Å²) in [6.07, 6.45) is 3.88. The van der Waals surface area contributed by atoms with Crippen molar-refractivity contribution in [2.24, 2.45) is 0 Å². The fourth-order valence-corrected chi connectivity index (χ4v) is 1.89. The summed E-state index contributed by atoms with van der Waals surface area (Å²) in [5.41, 5.74) is -0.280. The number of halogens is 1. The molecule has 0 radical (unpaired) electrons. The lowest BCUT2D eigenvalue weighted by Crippen LogP contribution is -2.25. The van der Waals surface area contributed by atoms with E-state index >= 15 is 0 Å². The van der Waals surface area contributed by atoms with Crippen LogP contribution >= 0.6 is 11.8 Å². The second-order valence-electron chi connectivity index (χ2n) is 3.59. The summed E-state index contributed by atoms with van der Waals surface area (Å²) in [7, 11) is 0. The molecule has 0 fully saturated rings. The molecule has 1 aromatic carbocycles. The molecule has 0 heterocycles. The number of carbonyl (C=O) groups excluding carboxylic acids is 1. The molecule has 0 aliphatic heterocycles. The van der Waals surface area contributed by atoms with Gasteiger partial charge >= 0.3 is 0 Å². The van der Waals surface area contributed by atoms with Gasteiger partial charge in [-0.05, 0) is 37.0 Å². The molecular weight excluding hydrogens is 241 g/mol. The van der Waals surface area contributed by atoms with Crippen molar-refractivity contribution in [2.45, 2.75) is 12.8 Å². The Morgan fingerprint density at radius 1 is 1.47 bits per heavy atom. The molecule has 0 aliphatic rings. The van der Waals surface area contributed by atoms with Gasteiger partial charge in [-0.2, -0.15) is 11.8 Å². The third-order valence-corrected chi connectivity index (χ3v) is 2.98. The lowest BCUT2D eigenvalue weighted by Gasteiger charge is -2.07. The second kappa shape index (κ2) is 7.17. The van der Waals surface area contributed by atoms with Crippen LogP contribution in [0.4, 0.5) is 4.39 Å². The van der Waals surface area contributed by atoms with Gasteiger partial charge in [0.15, 0.2) is 0 Å². The van der Waals surface area contributed by atoms with E-state index in [4.69, 9.17) is 0 Å². The van der Waals surface area contributed by atoms with Crippen LogP contribution in [-0.2, 0) is 0 Å². The molecule has 1 rings (SSSR count). The van der Waals surface area contributed by atoms with E-state index in [1.807, 2.05) is 6.26 Å².